The Hall–Kier alpha value is -2.21. The minimum Gasteiger partial charge on any atom is -0.385 e. The number of aliphatic hydroxyl groups is 1. The molecule has 6 heteroatoms. The summed E-state index contributed by atoms with van der Waals surface area (Å²) in [5, 5.41) is 22.2. The van der Waals surface area contributed by atoms with Gasteiger partial charge in [-0.2, -0.15) is 10.2 Å². The molecule has 6 nitrogen and oxygen atoms in total. The van der Waals surface area contributed by atoms with E-state index in [0.717, 1.165) is 23.1 Å². The Morgan fingerprint density at radius 3 is 2.95 bits per heavy atom. The zero-order valence-corrected chi connectivity index (χ0v) is 10.6. The van der Waals surface area contributed by atoms with Crippen LogP contribution in [0.4, 0.5) is 0 Å². The van der Waals surface area contributed by atoms with Gasteiger partial charge in [-0.15, -0.1) is 0 Å². The molecule has 98 valence electrons. The van der Waals surface area contributed by atoms with E-state index in [1.54, 1.807) is 0 Å². The van der Waals surface area contributed by atoms with Gasteiger partial charge in [-0.05, 0) is 13.0 Å². The molecular weight excluding hydrogens is 242 g/mol. The minimum absolute atomic E-state index is 0.419. The normalized spacial score (nSPS) is 12.9. The quantitative estimate of drug-likeness (QED) is 0.741. The number of hydrogen-bond acceptors (Lipinski definition) is 4. The van der Waals surface area contributed by atoms with Crippen LogP contribution in [0.15, 0.2) is 30.6 Å². The average Bonchev–Trinajstić information content (AvgIpc) is 3.07. The summed E-state index contributed by atoms with van der Waals surface area (Å²) >= 11 is 0. The molecule has 1 atom stereocenters. The highest BCUT2D eigenvalue weighted by Crippen LogP contribution is 2.22. The zero-order valence-electron chi connectivity index (χ0n) is 10.6. The van der Waals surface area contributed by atoms with Crippen LogP contribution in [0.3, 0.4) is 0 Å². The van der Waals surface area contributed by atoms with Crippen molar-refractivity contribution >= 4 is 10.9 Å². The fraction of sp³-hybridized carbons (Fsp3) is 0.308. The maximum atomic E-state index is 10.1. The number of aromatic amines is 1. The standard InChI is InChI=1S/C13H15N5O/c1-2-18-11-6-4-3-5-9(11)10(17-18)7-12(19)13-14-8-15-16-13/h3-6,8,12,19H,2,7H2,1H3,(H,14,15,16). The summed E-state index contributed by atoms with van der Waals surface area (Å²) in [6.45, 7) is 2.86. The Kier molecular flexibility index (Phi) is 3.00. The number of hydrogen-bond donors (Lipinski definition) is 2. The van der Waals surface area contributed by atoms with E-state index in [9.17, 15) is 5.11 Å². The molecule has 0 fully saturated rings. The van der Waals surface area contributed by atoms with Crippen LogP contribution in [0.2, 0.25) is 0 Å². The van der Waals surface area contributed by atoms with Crippen molar-refractivity contribution in [2.75, 3.05) is 0 Å². The number of fused-ring (bicyclic) bond motifs is 1. The number of nitrogens with one attached hydrogen (secondary N) is 1. The predicted molar refractivity (Wildman–Crippen MR) is 70.5 cm³/mol. The molecule has 0 aliphatic rings. The molecule has 0 amide bonds. The van der Waals surface area contributed by atoms with Crippen LogP contribution < -0.4 is 0 Å². The van der Waals surface area contributed by atoms with Crippen molar-refractivity contribution in [3.8, 4) is 0 Å². The van der Waals surface area contributed by atoms with Crippen LogP contribution in [-0.4, -0.2) is 30.1 Å². The van der Waals surface area contributed by atoms with Crippen molar-refractivity contribution in [3.05, 3.63) is 42.1 Å². The lowest BCUT2D eigenvalue weighted by Crippen LogP contribution is -2.05. The number of benzene rings is 1. The van der Waals surface area contributed by atoms with Gasteiger partial charge in [-0.25, -0.2) is 4.98 Å². The van der Waals surface area contributed by atoms with E-state index in [2.05, 4.69) is 27.2 Å². The van der Waals surface area contributed by atoms with Gasteiger partial charge in [0.2, 0.25) is 0 Å². The molecule has 0 saturated heterocycles. The lowest BCUT2D eigenvalue weighted by atomic mass is 10.1. The number of para-hydroxylation sites is 1. The first-order chi connectivity index (χ1) is 9.29. The van der Waals surface area contributed by atoms with Crippen molar-refractivity contribution in [1.29, 1.82) is 0 Å². The van der Waals surface area contributed by atoms with Crippen LogP contribution in [0.1, 0.15) is 24.5 Å². The van der Waals surface area contributed by atoms with E-state index in [4.69, 9.17) is 0 Å². The van der Waals surface area contributed by atoms with Crippen LogP contribution in [0.5, 0.6) is 0 Å². The van der Waals surface area contributed by atoms with Gasteiger partial charge in [0, 0.05) is 18.4 Å². The van der Waals surface area contributed by atoms with Crippen LogP contribution in [-0.2, 0) is 13.0 Å². The molecular formula is C13H15N5O. The summed E-state index contributed by atoms with van der Waals surface area (Å²) < 4.78 is 1.94. The third kappa shape index (κ3) is 2.10. The average molecular weight is 257 g/mol. The van der Waals surface area contributed by atoms with Gasteiger partial charge in [-0.1, -0.05) is 18.2 Å². The first kappa shape index (κ1) is 11.9. The van der Waals surface area contributed by atoms with Crippen molar-refractivity contribution in [2.24, 2.45) is 0 Å². The fourth-order valence-corrected chi connectivity index (χ4v) is 2.24. The van der Waals surface area contributed by atoms with Gasteiger partial charge in [0.15, 0.2) is 5.82 Å². The molecule has 2 N–H and O–H groups in total. The molecule has 2 heterocycles. The van der Waals surface area contributed by atoms with Gasteiger partial charge in [-0.3, -0.25) is 9.78 Å². The molecule has 0 radical (unpaired) electrons. The second-order valence-corrected chi connectivity index (χ2v) is 4.37. The predicted octanol–water partition coefficient (Wildman–Crippen LogP) is 1.45. The van der Waals surface area contributed by atoms with Gasteiger partial charge < -0.3 is 5.11 Å². The molecule has 2 aromatic heterocycles. The Bertz CT molecular complexity index is 673. The molecule has 1 unspecified atom stereocenters. The van der Waals surface area contributed by atoms with Gasteiger partial charge in [0.25, 0.3) is 0 Å². The third-order valence-electron chi connectivity index (χ3n) is 3.17. The largest absolute Gasteiger partial charge is 0.385 e. The number of H-pyrrole nitrogens is 1. The van der Waals surface area contributed by atoms with E-state index in [1.807, 2.05) is 28.9 Å². The molecule has 0 aliphatic carbocycles. The molecule has 3 rings (SSSR count). The number of rotatable bonds is 4. The fourth-order valence-electron chi connectivity index (χ4n) is 2.24. The lowest BCUT2D eigenvalue weighted by Gasteiger charge is -2.04. The van der Waals surface area contributed by atoms with Crippen LogP contribution in [0, 0.1) is 0 Å². The van der Waals surface area contributed by atoms with E-state index >= 15 is 0 Å². The Morgan fingerprint density at radius 2 is 2.21 bits per heavy atom. The van der Waals surface area contributed by atoms with E-state index in [-0.39, 0.29) is 0 Å². The molecule has 0 spiro atoms. The summed E-state index contributed by atoms with van der Waals surface area (Å²) in [5.74, 6) is 0.468. The minimum atomic E-state index is -0.717. The second kappa shape index (κ2) is 4.81. The van der Waals surface area contributed by atoms with Gasteiger partial charge in [0.1, 0.15) is 12.4 Å². The maximum absolute atomic E-state index is 10.1. The summed E-state index contributed by atoms with van der Waals surface area (Å²) in [4.78, 5) is 3.97. The third-order valence-corrected chi connectivity index (χ3v) is 3.17. The Morgan fingerprint density at radius 1 is 1.37 bits per heavy atom. The van der Waals surface area contributed by atoms with Crippen molar-refractivity contribution in [1.82, 2.24) is 25.0 Å². The SMILES string of the molecule is CCn1nc(CC(O)c2ncn[nH]2)c2ccccc21. The highest BCUT2D eigenvalue weighted by Gasteiger charge is 2.16. The van der Waals surface area contributed by atoms with E-state index < -0.39 is 6.10 Å². The first-order valence-corrected chi connectivity index (χ1v) is 6.27. The lowest BCUT2D eigenvalue weighted by molar-refractivity contribution is 0.167. The molecule has 0 aliphatic heterocycles. The topological polar surface area (TPSA) is 79.6 Å². The van der Waals surface area contributed by atoms with Crippen LogP contribution >= 0.6 is 0 Å². The molecule has 19 heavy (non-hydrogen) atoms. The smallest absolute Gasteiger partial charge is 0.153 e. The summed E-state index contributed by atoms with van der Waals surface area (Å²) in [5.41, 5.74) is 1.96. The van der Waals surface area contributed by atoms with Gasteiger partial charge >= 0.3 is 0 Å². The number of aryl methyl sites for hydroxylation is 1. The molecule has 1 aromatic carbocycles. The van der Waals surface area contributed by atoms with Crippen molar-refractivity contribution < 1.29 is 5.11 Å². The number of aliphatic hydroxyl groups excluding tert-OH is 1. The van der Waals surface area contributed by atoms with E-state index in [1.165, 1.54) is 6.33 Å². The monoisotopic (exact) mass is 257 g/mol. The maximum Gasteiger partial charge on any atom is 0.153 e. The highest BCUT2D eigenvalue weighted by molar-refractivity contribution is 5.82. The summed E-state index contributed by atoms with van der Waals surface area (Å²) in [6, 6.07) is 8.04. The van der Waals surface area contributed by atoms with Gasteiger partial charge in [0.05, 0.1) is 11.2 Å². The molecule has 0 saturated carbocycles. The number of aromatic nitrogens is 5. The van der Waals surface area contributed by atoms with Crippen molar-refractivity contribution in [2.45, 2.75) is 26.0 Å². The van der Waals surface area contributed by atoms with Crippen molar-refractivity contribution in [3.63, 3.8) is 0 Å². The zero-order chi connectivity index (χ0) is 13.2. The summed E-state index contributed by atoms with van der Waals surface area (Å²) in [7, 11) is 0. The van der Waals surface area contributed by atoms with Crippen LogP contribution in [0.25, 0.3) is 10.9 Å². The number of nitrogens with zero attached hydrogens (tertiary/aromatic N) is 4. The summed E-state index contributed by atoms with van der Waals surface area (Å²) in [6.07, 6.45) is 1.09. The Balaban J connectivity index is 1.97. The Labute approximate surface area is 110 Å². The highest BCUT2D eigenvalue weighted by atomic mass is 16.3. The first-order valence-electron chi connectivity index (χ1n) is 6.27. The molecule has 0 bridgehead atoms. The molecule has 3 aromatic rings. The van der Waals surface area contributed by atoms with E-state index in [0.29, 0.717) is 12.2 Å². The second-order valence-electron chi connectivity index (χ2n) is 4.37.